The molecule has 0 bridgehead atoms. The zero-order valence-corrected chi connectivity index (χ0v) is 16.9. The van der Waals surface area contributed by atoms with E-state index in [1.54, 1.807) is 0 Å². The second kappa shape index (κ2) is 12.2. The third-order valence-electron chi connectivity index (χ3n) is 6.10. The molecule has 0 N–H and O–H groups in total. The van der Waals surface area contributed by atoms with Crippen LogP contribution in [0.25, 0.3) is 0 Å². The second-order valence-electron chi connectivity index (χ2n) is 8.06. The van der Waals surface area contributed by atoms with Gasteiger partial charge in [0.15, 0.2) is 0 Å². The maximum atomic E-state index is 2.53. The van der Waals surface area contributed by atoms with Crippen LogP contribution in [0.4, 0.5) is 0 Å². The molecular formula is C22H44. The van der Waals surface area contributed by atoms with Crippen molar-refractivity contribution in [1.82, 2.24) is 0 Å². The molecule has 0 aromatic heterocycles. The molecule has 132 valence electrons. The zero-order chi connectivity index (χ0) is 17.1. The highest BCUT2D eigenvalue weighted by atomic mass is 14.2. The van der Waals surface area contributed by atoms with Crippen LogP contribution in [-0.2, 0) is 0 Å². The highest BCUT2D eigenvalue weighted by Crippen LogP contribution is 2.29. The molecule has 0 amide bonds. The molecule has 0 saturated carbocycles. The van der Waals surface area contributed by atoms with E-state index in [1.165, 1.54) is 38.5 Å². The highest BCUT2D eigenvalue weighted by Gasteiger charge is 2.19. The van der Waals surface area contributed by atoms with E-state index in [0.29, 0.717) is 0 Å². The molecule has 6 unspecified atom stereocenters. The van der Waals surface area contributed by atoms with Gasteiger partial charge < -0.3 is 0 Å². The Hall–Kier alpha value is -0.260. The van der Waals surface area contributed by atoms with Gasteiger partial charge in [-0.3, -0.25) is 0 Å². The van der Waals surface area contributed by atoms with Crippen LogP contribution in [0.15, 0.2) is 12.2 Å². The largest absolute Gasteiger partial charge is 0.0880 e. The molecule has 22 heavy (non-hydrogen) atoms. The number of rotatable bonds is 12. The maximum absolute atomic E-state index is 2.53. The van der Waals surface area contributed by atoms with Crippen LogP contribution in [-0.4, -0.2) is 0 Å². The summed E-state index contributed by atoms with van der Waals surface area (Å²) >= 11 is 0. The minimum Gasteiger partial charge on any atom is -0.0880 e. The Morgan fingerprint density at radius 3 is 1.91 bits per heavy atom. The van der Waals surface area contributed by atoms with Gasteiger partial charge >= 0.3 is 0 Å². The monoisotopic (exact) mass is 308 g/mol. The lowest BCUT2D eigenvalue weighted by Gasteiger charge is -2.26. The van der Waals surface area contributed by atoms with E-state index in [-0.39, 0.29) is 0 Å². The van der Waals surface area contributed by atoms with Gasteiger partial charge in [-0.1, -0.05) is 86.8 Å². The Labute approximate surface area is 142 Å². The van der Waals surface area contributed by atoms with E-state index in [9.17, 15) is 0 Å². The van der Waals surface area contributed by atoms with E-state index < -0.39 is 0 Å². The molecule has 0 aliphatic rings. The first-order valence-corrected chi connectivity index (χ1v) is 10.0. The molecule has 6 atom stereocenters. The van der Waals surface area contributed by atoms with E-state index in [2.05, 4.69) is 67.5 Å². The van der Waals surface area contributed by atoms with Gasteiger partial charge in [-0.2, -0.15) is 0 Å². The van der Waals surface area contributed by atoms with Gasteiger partial charge in [-0.15, -0.1) is 0 Å². The summed E-state index contributed by atoms with van der Waals surface area (Å²) in [5.74, 6) is 4.98. The SMILES string of the molecule is CCCC(C)C(C)C(C=CCC(C)CC(C)C(C)CC)CC. The van der Waals surface area contributed by atoms with Crippen molar-refractivity contribution in [3.8, 4) is 0 Å². The Morgan fingerprint density at radius 1 is 0.773 bits per heavy atom. The van der Waals surface area contributed by atoms with Crippen molar-refractivity contribution in [3.05, 3.63) is 12.2 Å². The Morgan fingerprint density at radius 2 is 1.41 bits per heavy atom. The summed E-state index contributed by atoms with van der Waals surface area (Å²) in [5.41, 5.74) is 0. The molecule has 0 nitrogen and oxygen atoms in total. The first-order valence-electron chi connectivity index (χ1n) is 10.0. The van der Waals surface area contributed by atoms with Crippen LogP contribution in [0, 0.1) is 35.5 Å². The average Bonchev–Trinajstić information content (AvgIpc) is 2.50. The molecule has 0 heterocycles. The molecule has 0 aliphatic heterocycles. The molecule has 0 aromatic carbocycles. The summed E-state index contributed by atoms with van der Waals surface area (Å²) in [5, 5.41) is 0. The molecule has 0 radical (unpaired) electrons. The van der Waals surface area contributed by atoms with Crippen molar-refractivity contribution in [2.45, 2.75) is 93.9 Å². The Bertz CT molecular complexity index is 278. The third-order valence-corrected chi connectivity index (χ3v) is 6.10. The lowest BCUT2D eigenvalue weighted by Crippen LogP contribution is -2.17. The van der Waals surface area contributed by atoms with Gasteiger partial charge in [0.1, 0.15) is 0 Å². The van der Waals surface area contributed by atoms with Crippen molar-refractivity contribution >= 4 is 0 Å². The van der Waals surface area contributed by atoms with E-state index >= 15 is 0 Å². The average molecular weight is 309 g/mol. The summed E-state index contributed by atoms with van der Waals surface area (Å²) in [4.78, 5) is 0. The summed E-state index contributed by atoms with van der Waals surface area (Å²) < 4.78 is 0. The van der Waals surface area contributed by atoms with Gasteiger partial charge in [-0.25, -0.2) is 0 Å². The summed E-state index contributed by atoms with van der Waals surface area (Å²) in [6, 6.07) is 0. The second-order valence-corrected chi connectivity index (χ2v) is 8.06. The fourth-order valence-corrected chi connectivity index (χ4v) is 3.67. The molecular weight excluding hydrogens is 264 g/mol. The Balaban J connectivity index is 4.31. The lowest BCUT2D eigenvalue weighted by molar-refractivity contribution is 0.280. The number of hydrogen-bond acceptors (Lipinski definition) is 0. The Kier molecular flexibility index (Phi) is 12.1. The minimum atomic E-state index is 0.765. The summed E-state index contributed by atoms with van der Waals surface area (Å²) in [7, 11) is 0. The predicted molar refractivity (Wildman–Crippen MR) is 103 cm³/mol. The first-order chi connectivity index (χ1) is 10.4. The molecule has 0 spiro atoms. The van der Waals surface area contributed by atoms with Crippen molar-refractivity contribution in [2.24, 2.45) is 35.5 Å². The fourth-order valence-electron chi connectivity index (χ4n) is 3.67. The van der Waals surface area contributed by atoms with Gasteiger partial charge in [0.05, 0.1) is 0 Å². The van der Waals surface area contributed by atoms with Gasteiger partial charge in [-0.05, 0) is 54.8 Å². The van der Waals surface area contributed by atoms with Crippen LogP contribution in [0.2, 0.25) is 0 Å². The normalized spacial score (nSPS) is 20.5. The number of hydrogen-bond donors (Lipinski definition) is 0. The van der Waals surface area contributed by atoms with Crippen LogP contribution in [0.1, 0.15) is 93.9 Å². The molecule has 0 aliphatic carbocycles. The van der Waals surface area contributed by atoms with Gasteiger partial charge in [0.2, 0.25) is 0 Å². The molecule has 0 rings (SSSR count). The van der Waals surface area contributed by atoms with Gasteiger partial charge in [0.25, 0.3) is 0 Å². The predicted octanol–water partition coefficient (Wildman–Crippen LogP) is 7.74. The summed E-state index contributed by atoms with van der Waals surface area (Å²) in [6.45, 7) is 19.1. The van der Waals surface area contributed by atoms with Crippen molar-refractivity contribution < 1.29 is 0 Å². The van der Waals surface area contributed by atoms with Crippen LogP contribution in [0.3, 0.4) is 0 Å². The molecule has 0 heteroatoms. The van der Waals surface area contributed by atoms with Crippen LogP contribution < -0.4 is 0 Å². The maximum Gasteiger partial charge on any atom is -0.0208 e. The smallest absolute Gasteiger partial charge is 0.0208 e. The molecule has 0 fully saturated rings. The number of allylic oxidation sites excluding steroid dienone is 2. The first kappa shape index (κ1) is 21.7. The highest BCUT2D eigenvalue weighted by molar-refractivity contribution is 4.92. The summed E-state index contributed by atoms with van der Waals surface area (Å²) in [6.07, 6.45) is 12.9. The van der Waals surface area contributed by atoms with Crippen molar-refractivity contribution in [2.75, 3.05) is 0 Å². The topological polar surface area (TPSA) is 0 Å². The van der Waals surface area contributed by atoms with E-state index in [1.807, 2.05) is 0 Å². The standard InChI is InChI=1S/C22H44/c1-9-13-19(6)21(8)22(11-3)15-12-14-17(4)16-20(7)18(5)10-2/h12,15,17-22H,9-11,13-14,16H2,1-8H3. The van der Waals surface area contributed by atoms with E-state index in [4.69, 9.17) is 0 Å². The third kappa shape index (κ3) is 8.39. The molecule has 0 aromatic rings. The molecule has 0 saturated heterocycles. The van der Waals surface area contributed by atoms with Crippen LogP contribution in [0.5, 0.6) is 0 Å². The van der Waals surface area contributed by atoms with Crippen LogP contribution >= 0.6 is 0 Å². The quantitative estimate of drug-likeness (QED) is 0.323. The van der Waals surface area contributed by atoms with Gasteiger partial charge in [0, 0.05) is 0 Å². The fraction of sp³-hybridized carbons (Fsp3) is 0.909. The van der Waals surface area contributed by atoms with Crippen molar-refractivity contribution in [3.63, 3.8) is 0 Å². The zero-order valence-electron chi connectivity index (χ0n) is 16.9. The lowest BCUT2D eigenvalue weighted by atomic mass is 9.80. The van der Waals surface area contributed by atoms with E-state index in [0.717, 1.165) is 35.5 Å². The van der Waals surface area contributed by atoms with Crippen molar-refractivity contribution in [1.29, 1.82) is 0 Å². The minimum absolute atomic E-state index is 0.765.